The molecule has 2 heterocycles. The molecule has 90 valence electrons. The Morgan fingerprint density at radius 2 is 1.78 bits per heavy atom. The van der Waals surface area contributed by atoms with Gasteiger partial charge in [0.1, 0.15) is 10.6 Å². The summed E-state index contributed by atoms with van der Waals surface area (Å²) >= 11 is 13.2. The van der Waals surface area contributed by atoms with Gasteiger partial charge in [-0.2, -0.15) is 4.98 Å². The summed E-state index contributed by atoms with van der Waals surface area (Å²) in [6, 6.07) is 8.96. The number of benzene rings is 1. The van der Waals surface area contributed by atoms with Gasteiger partial charge in [0.2, 0.25) is 11.2 Å². The minimum atomic E-state index is 0.175. The molecule has 0 aliphatic heterocycles. The van der Waals surface area contributed by atoms with E-state index in [1.807, 2.05) is 11.4 Å². The number of aromatic nitrogens is 2. The molecule has 3 aromatic rings. The lowest BCUT2D eigenvalue weighted by molar-refractivity contribution is 0.468. The molecule has 1 aromatic carbocycles. The van der Waals surface area contributed by atoms with Crippen molar-refractivity contribution < 1.29 is 4.74 Å². The molecule has 0 aliphatic rings. The van der Waals surface area contributed by atoms with Gasteiger partial charge in [-0.15, -0.1) is 11.3 Å². The van der Waals surface area contributed by atoms with Crippen molar-refractivity contribution in [2.45, 2.75) is 0 Å². The van der Waals surface area contributed by atoms with Crippen molar-refractivity contribution in [1.29, 1.82) is 0 Å². The fraction of sp³-hybridized carbons (Fsp3) is 0. The van der Waals surface area contributed by atoms with Crippen molar-refractivity contribution in [2.75, 3.05) is 0 Å². The molecule has 0 unspecified atom stereocenters. The van der Waals surface area contributed by atoms with Crippen LogP contribution in [0, 0.1) is 0 Å². The van der Waals surface area contributed by atoms with Gasteiger partial charge >= 0.3 is 0 Å². The van der Waals surface area contributed by atoms with E-state index in [4.69, 9.17) is 27.9 Å². The van der Waals surface area contributed by atoms with Crippen molar-refractivity contribution in [3.05, 3.63) is 46.0 Å². The molecule has 2 aromatic heterocycles. The summed E-state index contributed by atoms with van der Waals surface area (Å²) in [6.45, 7) is 0. The first kappa shape index (κ1) is 11.7. The molecule has 0 saturated carbocycles. The number of fused-ring (bicyclic) bond motifs is 1. The molecule has 0 fully saturated rings. The number of ether oxygens (including phenoxy) is 1. The van der Waals surface area contributed by atoms with E-state index >= 15 is 0 Å². The molecule has 0 bridgehead atoms. The molecule has 0 amide bonds. The first-order chi connectivity index (χ1) is 8.72. The fourth-order valence-corrected chi connectivity index (χ4v) is 2.59. The molecule has 0 N–H and O–H groups in total. The summed E-state index contributed by atoms with van der Waals surface area (Å²) in [6.07, 6.45) is 0. The molecule has 0 spiro atoms. The van der Waals surface area contributed by atoms with E-state index in [0.29, 0.717) is 16.7 Å². The van der Waals surface area contributed by atoms with Crippen LogP contribution in [-0.2, 0) is 0 Å². The van der Waals surface area contributed by atoms with E-state index in [-0.39, 0.29) is 5.28 Å². The fourth-order valence-electron chi connectivity index (χ4n) is 1.50. The molecular formula is C12H6Cl2N2OS. The summed E-state index contributed by atoms with van der Waals surface area (Å²) in [5, 5.41) is 3.60. The molecule has 3 rings (SSSR count). The van der Waals surface area contributed by atoms with Crippen LogP contribution in [0.1, 0.15) is 0 Å². The molecule has 18 heavy (non-hydrogen) atoms. The second-order valence-corrected chi connectivity index (χ2v) is 5.16. The molecular weight excluding hydrogens is 291 g/mol. The maximum atomic E-state index is 5.86. The number of hydrogen-bond acceptors (Lipinski definition) is 4. The normalized spacial score (nSPS) is 10.8. The number of rotatable bonds is 2. The van der Waals surface area contributed by atoms with Crippen LogP contribution in [0.25, 0.3) is 10.2 Å². The summed E-state index contributed by atoms with van der Waals surface area (Å²) in [4.78, 5) is 9.03. The van der Waals surface area contributed by atoms with Crippen molar-refractivity contribution in [1.82, 2.24) is 9.97 Å². The Kier molecular flexibility index (Phi) is 3.07. The Labute approximate surface area is 117 Å². The second kappa shape index (κ2) is 4.72. The van der Waals surface area contributed by atoms with Crippen molar-refractivity contribution in [2.24, 2.45) is 0 Å². The molecule has 0 atom stereocenters. The van der Waals surface area contributed by atoms with Gasteiger partial charge in [-0.3, -0.25) is 0 Å². The van der Waals surface area contributed by atoms with Gasteiger partial charge in [0.05, 0.1) is 5.39 Å². The zero-order valence-corrected chi connectivity index (χ0v) is 11.3. The predicted molar refractivity (Wildman–Crippen MR) is 74.0 cm³/mol. The van der Waals surface area contributed by atoms with Crippen LogP contribution in [0.15, 0.2) is 35.7 Å². The van der Waals surface area contributed by atoms with Gasteiger partial charge in [0.25, 0.3) is 0 Å². The highest BCUT2D eigenvalue weighted by Gasteiger charge is 2.09. The lowest BCUT2D eigenvalue weighted by Gasteiger charge is -2.05. The topological polar surface area (TPSA) is 35.0 Å². The van der Waals surface area contributed by atoms with Crippen LogP contribution in [0.4, 0.5) is 0 Å². The largest absolute Gasteiger partial charge is 0.438 e. The zero-order chi connectivity index (χ0) is 12.5. The number of nitrogens with zero attached hydrogens (tertiary/aromatic N) is 2. The van der Waals surface area contributed by atoms with E-state index in [0.717, 1.165) is 10.2 Å². The summed E-state index contributed by atoms with van der Waals surface area (Å²) in [5.74, 6) is 1.11. The van der Waals surface area contributed by atoms with Crippen LogP contribution >= 0.6 is 34.5 Å². The smallest absolute Gasteiger partial charge is 0.232 e. The number of halogens is 2. The standard InChI is InChI=1S/C12H6Cl2N2OS/c13-7-1-3-8(4-2-7)17-10-9-5-6-18-11(9)16-12(14)15-10/h1-6H. The highest BCUT2D eigenvalue weighted by molar-refractivity contribution is 7.16. The Morgan fingerprint density at radius 3 is 2.56 bits per heavy atom. The third kappa shape index (κ3) is 2.27. The molecule has 3 nitrogen and oxygen atoms in total. The molecule has 6 heteroatoms. The highest BCUT2D eigenvalue weighted by atomic mass is 35.5. The van der Waals surface area contributed by atoms with Gasteiger partial charge in [0, 0.05) is 5.02 Å². The maximum Gasteiger partial charge on any atom is 0.232 e. The zero-order valence-electron chi connectivity index (χ0n) is 8.93. The van der Waals surface area contributed by atoms with Crippen LogP contribution < -0.4 is 4.74 Å². The quantitative estimate of drug-likeness (QED) is 0.638. The average molecular weight is 297 g/mol. The van der Waals surface area contributed by atoms with Crippen LogP contribution in [0.5, 0.6) is 11.6 Å². The molecule has 0 radical (unpaired) electrons. The van der Waals surface area contributed by atoms with Crippen molar-refractivity contribution in [3.63, 3.8) is 0 Å². The Hall–Kier alpha value is -1.36. The summed E-state index contributed by atoms with van der Waals surface area (Å²) in [7, 11) is 0. The number of thiophene rings is 1. The van der Waals surface area contributed by atoms with E-state index in [2.05, 4.69) is 9.97 Å². The van der Waals surface area contributed by atoms with E-state index in [9.17, 15) is 0 Å². The lowest BCUT2D eigenvalue weighted by atomic mass is 10.3. The average Bonchev–Trinajstić information content (AvgIpc) is 2.80. The monoisotopic (exact) mass is 296 g/mol. The van der Waals surface area contributed by atoms with Gasteiger partial charge in [-0.25, -0.2) is 4.98 Å². The van der Waals surface area contributed by atoms with Gasteiger partial charge in [-0.1, -0.05) is 11.6 Å². The summed E-state index contributed by atoms with van der Waals surface area (Å²) < 4.78 is 5.70. The molecule has 0 saturated heterocycles. The van der Waals surface area contributed by atoms with Crippen LogP contribution in [0.2, 0.25) is 10.3 Å². The minimum absolute atomic E-state index is 0.175. The minimum Gasteiger partial charge on any atom is -0.438 e. The van der Waals surface area contributed by atoms with Gasteiger partial charge in [-0.05, 0) is 47.3 Å². The van der Waals surface area contributed by atoms with E-state index < -0.39 is 0 Å². The summed E-state index contributed by atoms with van der Waals surface area (Å²) in [5.41, 5.74) is 0. The van der Waals surface area contributed by atoms with Crippen LogP contribution in [0.3, 0.4) is 0 Å². The van der Waals surface area contributed by atoms with Crippen LogP contribution in [-0.4, -0.2) is 9.97 Å². The number of hydrogen-bond donors (Lipinski definition) is 0. The predicted octanol–water partition coefficient (Wildman–Crippen LogP) is 4.79. The SMILES string of the molecule is Clc1ccc(Oc2nc(Cl)nc3sccc23)cc1. The van der Waals surface area contributed by atoms with Crippen molar-refractivity contribution in [3.8, 4) is 11.6 Å². The second-order valence-electron chi connectivity index (χ2n) is 3.49. The third-order valence-electron chi connectivity index (χ3n) is 2.29. The van der Waals surface area contributed by atoms with Crippen molar-refractivity contribution >= 4 is 44.8 Å². The van der Waals surface area contributed by atoms with E-state index in [1.54, 1.807) is 24.3 Å². The van der Waals surface area contributed by atoms with E-state index in [1.165, 1.54) is 11.3 Å². The first-order valence-electron chi connectivity index (χ1n) is 5.06. The Morgan fingerprint density at radius 1 is 1.00 bits per heavy atom. The molecule has 0 aliphatic carbocycles. The third-order valence-corrected chi connectivity index (χ3v) is 3.52. The highest BCUT2D eigenvalue weighted by Crippen LogP contribution is 2.31. The van der Waals surface area contributed by atoms with Gasteiger partial charge in [0.15, 0.2) is 0 Å². The first-order valence-corrected chi connectivity index (χ1v) is 6.70. The Balaban J connectivity index is 2.03. The lowest BCUT2D eigenvalue weighted by Crippen LogP contribution is -1.90. The Bertz CT molecular complexity index is 697. The van der Waals surface area contributed by atoms with Gasteiger partial charge < -0.3 is 4.74 Å². The maximum absolute atomic E-state index is 5.86.